The molecule has 4 atom stereocenters. The van der Waals surface area contributed by atoms with Gasteiger partial charge in [0.1, 0.15) is 49.3 Å². The van der Waals surface area contributed by atoms with Crippen molar-refractivity contribution in [3.8, 4) is 28.7 Å². The van der Waals surface area contributed by atoms with Crippen LogP contribution in [-0.4, -0.2) is 102 Å². The smallest absolute Gasteiger partial charge is 0.410 e. The molecule has 2 aromatic carbocycles. The zero-order chi connectivity index (χ0) is 43.5. The maximum atomic E-state index is 17.5. The Hall–Kier alpha value is -4.41. The molecule has 1 amide bonds. The van der Waals surface area contributed by atoms with Gasteiger partial charge in [-0.05, 0) is 81.6 Å². The molecule has 0 unspecified atom stereocenters. The molecule has 2 aromatic heterocycles. The van der Waals surface area contributed by atoms with Crippen molar-refractivity contribution in [3.05, 3.63) is 53.7 Å². The topological polar surface area (TPSA) is 83.9 Å². The molecule has 9 nitrogen and oxygen atoms in total. The summed E-state index contributed by atoms with van der Waals surface area (Å²) < 4.78 is 60.5. The average Bonchev–Trinajstić information content (AvgIpc) is 3.84. The Morgan fingerprint density at radius 1 is 1.05 bits per heavy atom. The van der Waals surface area contributed by atoms with E-state index in [0.717, 1.165) is 19.4 Å². The second-order valence-corrected chi connectivity index (χ2v) is 24.9. The highest BCUT2D eigenvalue weighted by Gasteiger charge is 2.49. The van der Waals surface area contributed by atoms with Gasteiger partial charge in [0, 0.05) is 55.8 Å². The number of benzene rings is 2. The third-order valence-electron chi connectivity index (χ3n) is 13.5. The predicted octanol–water partition coefficient (Wildman–Crippen LogP) is 10.5. The maximum absolute atomic E-state index is 17.5. The molecule has 3 aliphatic rings. The van der Waals surface area contributed by atoms with Gasteiger partial charge in [0.05, 0.1) is 16.5 Å². The first-order valence-corrected chi connectivity index (χ1v) is 23.8. The number of rotatable bonds is 9. The number of fused-ring (bicyclic) bond motifs is 3. The fourth-order valence-electron chi connectivity index (χ4n) is 10.5. The first kappa shape index (κ1) is 43.7. The van der Waals surface area contributed by atoms with E-state index in [1.807, 2.05) is 51.8 Å². The van der Waals surface area contributed by atoms with Crippen LogP contribution in [0.4, 0.5) is 23.8 Å². The van der Waals surface area contributed by atoms with Crippen LogP contribution in [-0.2, 0) is 4.74 Å². The Morgan fingerprint density at radius 2 is 1.77 bits per heavy atom. The number of aromatic nitrogens is 3. The van der Waals surface area contributed by atoms with Crippen molar-refractivity contribution in [1.82, 2.24) is 24.8 Å². The van der Waals surface area contributed by atoms with Gasteiger partial charge in [0.15, 0.2) is 5.82 Å². The molecule has 0 radical (unpaired) electrons. The van der Waals surface area contributed by atoms with Crippen molar-refractivity contribution >= 4 is 41.7 Å². The Balaban J connectivity index is 1.36. The van der Waals surface area contributed by atoms with Gasteiger partial charge in [-0.15, -0.1) is 5.54 Å². The minimum absolute atomic E-state index is 0.00213. The first-order chi connectivity index (χ1) is 28.3. The lowest BCUT2D eigenvalue weighted by Crippen LogP contribution is -2.43. The molecule has 322 valence electrons. The van der Waals surface area contributed by atoms with E-state index in [1.165, 1.54) is 6.07 Å². The van der Waals surface area contributed by atoms with Gasteiger partial charge in [0.25, 0.3) is 0 Å². The number of nitrogens with zero attached hydrogens (tertiary/aromatic N) is 6. The third-order valence-corrected chi connectivity index (χ3v) is 19.7. The summed E-state index contributed by atoms with van der Waals surface area (Å²) in [7, 11) is -0.397. The molecule has 3 aliphatic heterocycles. The van der Waals surface area contributed by atoms with Crippen LogP contribution < -0.4 is 9.64 Å². The molecule has 13 heteroatoms. The van der Waals surface area contributed by atoms with Crippen molar-refractivity contribution in [3.63, 3.8) is 0 Å². The summed E-state index contributed by atoms with van der Waals surface area (Å²) in [6.45, 7) is 22.4. The summed E-state index contributed by atoms with van der Waals surface area (Å²) in [5, 5.41) is 1.56. The van der Waals surface area contributed by atoms with Crippen LogP contribution in [0.5, 0.6) is 6.01 Å². The number of amides is 1. The largest absolute Gasteiger partial charge is 0.461 e. The van der Waals surface area contributed by atoms with Gasteiger partial charge in [-0.25, -0.2) is 18.0 Å². The van der Waals surface area contributed by atoms with Crippen molar-refractivity contribution < 1.29 is 27.4 Å². The van der Waals surface area contributed by atoms with Gasteiger partial charge in [-0.3, -0.25) is 9.88 Å². The van der Waals surface area contributed by atoms with Crippen LogP contribution in [0.15, 0.2) is 36.5 Å². The minimum Gasteiger partial charge on any atom is -0.461 e. The standard InChI is InChI=1S/C47H61F3N6O3Si/c1-28(2)60(29(3)4,30(5)6)21-18-35-38(49)17-16-32-14-12-15-36(39(32)35)41-40(50)42-37(24-51-41)43(54(11)34-22-31(7)56(26-34)45(57)59-46(8,9)10)53-44(52-42)58-27-47-19-13-20-55(47)25-33(48)23-47/h12,14-17,24,28-31,33-34H,13,19-20,22-23,25-27H2,1-11H3/t31-,33+,34+,47-/m0/s1. The number of hydrogen-bond donors (Lipinski definition) is 0. The van der Waals surface area contributed by atoms with Crippen LogP contribution in [0.2, 0.25) is 16.6 Å². The first-order valence-electron chi connectivity index (χ1n) is 21.6. The molecular formula is C47H61F3N6O3Si. The monoisotopic (exact) mass is 842 g/mol. The molecule has 3 saturated heterocycles. The highest BCUT2D eigenvalue weighted by Crippen LogP contribution is 2.43. The third kappa shape index (κ3) is 7.94. The van der Waals surface area contributed by atoms with Crippen molar-refractivity contribution in [2.45, 2.75) is 141 Å². The van der Waals surface area contributed by atoms with E-state index in [2.05, 4.69) is 57.9 Å². The number of ether oxygens (including phenoxy) is 2. The second-order valence-electron chi connectivity index (χ2n) is 19.3. The molecule has 0 bridgehead atoms. The van der Waals surface area contributed by atoms with Gasteiger partial charge < -0.3 is 19.3 Å². The molecule has 0 N–H and O–H groups in total. The predicted molar refractivity (Wildman–Crippen MR) is 236 cm³/mol. The molecule has 0 aliphatic carbocycles. The molecule has 7 rings (SSSR count). The molecule has 60 heavy (non-hydrogen) atoms. The van der Waals surface area contributed by atoms with Crippen LogP contribution >= 0.6 is 0 Å². The fraction of sp³-hybridized carbons (Fsp3) is 0.574. The normalized spacial score (nSPS) is 22.3. The van der Waals surface area contributed by atoms with Crippen molar-refractivity contribution in [2.24, 2.45) is 0 Å². The zero-order valence-corrected chi connectivity index (χ0v) is 38.1. The number of anilines is 1. The lowest BCUT2D eigenvalue weighted by Gasteiger charge is -2.38. The van der Waals surface area contributed by atoms with E-state index in [1.54, 1.807) is 23.2 Å². The summed E-state index contributed by atoms with van der Waals surface area (Å²) in [6, 6.07) is 8.19. The average molecular weight is 843 g/mol. The highest BCUT2D eigenvalue weighted by molar-refractivity contribution is 6.90. The maximum Gasteiger partial charge on any atom is 0.410 e. The van der Waals surface area contributed by atoms with E-state index >= 15 is 8.78 Å². The van der Waals surface area contributed by atoms with Crippen LogP contribution in [0.3, 0.4) is 0 Å². The molecule has 5 heterocycles. The Bertz CT molecular complexity index is 2320. The van der Waals surface area contributed by atoms with E-state index in [-0.39, 0.29) is 41.5 Å². The zero-order valence-electron chi connectivity index (χ0n) is 37.1. The Morgan fingerprint density at radius 3 is 2.45 bits per heavy atom. The van der Waals surface area contributed by atoms with E-state index in [9.17, 15) is 9.18 Å². The number of likely N-dealkylation sites (N-methyl/N-ethyl adjacent to an activating group) is 1. The molecule has 0 spiro atoms. The fourth-order valence-corrected chi connectivity index (χ4v) is 15.7. The Labute approximate surface area is 354 Å². The lowest BCUT2D eigenvalue weighted by atomic mass is 9.95. The summed E-state index contributed by atoms with van der Waals surface area (Å²) in [5.74, 6) is 2.54. The van der Waals surface area contributed by atoms with Gasteiger partial charge >= 0.3 is 12.1 Å². The molecule has 4 aromatic rings. The number of carbonyl (C=O) groups is 1. The number of likely N-dealkylation sites (tertiary alicyclic amines) is 1. The van der Waals surface area contributed by atoms with Crippen LogP contribution in [0, 0.1) is 23.1 Å². The summed E-state index contributed by atoms with van der Waals surface area (Å²) in [6.07, 6.45) is 2.91. The number of pyridine rings is 1. The van der Waals surface area contributed by atoms with E-state index in [0.29, 0.717) is 70.1 Å². The number of halogens is 3. The number of carbonyl (C=O) groups excluding carboxylic acids is 1. The van der Waals surface area contributed by atoms with Crippen LogP contribution in [0.1, 0.15) is 100 Å². The summed E-state index contributed by atoms with van der Waals surface area (Å²) >= 11 is 0. The molecule has 3 fully saturated rings. The number of alkyl halides is 1. The number of hydrogen-bond acceptors (Lipinski definition) is 8. The minimum atomic E-state index is -2.26. The SMILES string of the molecule is CC(C)[Si](C#Cc1c(F)ccc2cccc(-c3ncc4c(N(C)[C@@H]5C[C@H](C)N(C(=O)OC(C)(C)C)C5)nc(OC[C@@]56CCCN5C[C@H](F)C6)nc4c3F)c12)(C(C)C)C(C)C. The van der Waals surface area contributed by atoms with Gasteiger partial charge in [-0.2, -0.15) is 9.97 Å². The van der Waals surface area contributed by atoms with Crippen molar-refractivity contribution in [2.75, 3.05) is 38.2 Å². The summed E-state index contributed by atoms with van der Waals surface area (Å²) in [4.78, 5) is 33.3. The lowest BCUT2D eigenvalue weighted by molar-refractivity contribution is 0.0237. The van der Waals surface area contributed by atoms with Crippen molar-refractivity contribution in [1.29, 1.82) is 0 Å². The van der Waals surface area contributed by atoms with Gasteiger partial charge in [0.2, 0.25) is 0 Å². The van der Waals surface area contributed by atoms with Gasteiger partial charge in [-0.1, -0.05) is 71.7 Å². The second kappa shape index (κ2) is 16.5. The van der Waals surface area contributed by atoms with E-state index < -0.39 is 43.1 Å². The molecule has 0 saturated carbocycles. The van der Waals surface area contributed by atoms with Crippen LogP contribution in [0.25, 0.3) is 32.9 Å². The van der Waals surface area contributed by atoms with E-state index in [4.69, 9.17) is 24.4 Å². The molecular weight excluding hydrogens is 782 g/mol. The highest BCUT2D eigenvalue weighted by atomic mass is 28.3. The Kier molecular flexibility index (Phi) is 12.0. The quantitative estimate of drug-likeness (QED) is 0.122. The summed E-state index contributed by atoms with van der Waals surface area (Å²) in [5.41, 5.74) is 4.16.